The fourth-order valence-electron chi connectivity index (χ4n) is 1.38. The summed E-state index contributed by atoms with van der Waals surface area (Å²) in [4.78, 5) is 0. The molecular formula is C12H17N3O3S. The Labute approximate surface area is 113 Å². The van der Waals surface area contributed by atoms with E-state index in [4.69, 9.17) is 10.00 Å². The summed E-state index contributed by atoms with van der Waals surface area (Å²) in [6.07, 6.45) is 0. The minimum absolute atomic E-state index is 0.153. The Balaban J connectivity index is 3.23. The second-order valence-electron chi connectivity index (χ2n) is 4.21. The number of benzene rings is 1. The molecule has 0 aliphatic heterocycles. The second-order valence-corrected chi connectivity index (χ2v) is 5.94. The molecule has 0 aliphatic carbocycles. The van der Waals surface area contributed by atoms with Gasteiger partial charge in [-0.25, -0.2) is 0 Å². The van der Waals surface area contributed by atoms with Gasteiger partial charge in [0.2, 0.25) is 0 Å². The van der Waals surface area contributed by atoms with Gasteiger partial charge in [0.25, 0.3) is 0 Å². The monoisotopic (exact) mass is 283 g/mol. The Kier molecular flexibility index (Phi) is 4.75. The fourth-order valence-corrected chi connectivity index (χ4v) is 2.55. The van der Waals surface area contributed by atoms with Gasteiger partial charge in [0.05, 0.1) is 12.7 Å². The summed E-state index contributed by atoms with van der Waals surface area (Å²) in [5, 5.41) is 9.03. The molecule has 1 N–H and O–H groups in total. The summed E-state index contributed by atoms with van der Waals surface area (Å²) in [6.45, 7) is 3.51. The summed E-state index contributed by atoms with van der Waals surface area (Å²) in [5.74, 6) is 0.305. The van der Waals surface area contributed by atoms with Crippen LogP contribution in [0.3, 0.4) is 0 Å². The third-order valence-corrected chi connectivity index (χ3v) is 4.35. The lowest BCUT2D eigenvalue weighted by atomic mass is 10.2. The first-order chi connectivity index (χ1) is 8.83. The van der Waals surface area contributed by atoms with Crippen LogP contribution in [0.5, 0.6) is 5.75 Å². The van der Waals surface area contributed by atoms with Crippen LogP contribution < -0.4 is 9.46 Å². The van der Waals surface area contributed by atoms with Gasteiger partial charge in [-0.1, -0.05) is 6.07 Å². The molecule has 1 rings (SSSR count). The van der Waals surface area contributed by atoms with Crippen LogP contribution in [0.1, 0.15) is 19.4 Å². The molecule has 0 aromatic heterocycles. The first-order valence-electron chi connectivity index (χ1n) is 5.66. The van der Waals surface area contributed by atoms with Crippen LogP contribution in [0, 0.1) is 11.3 Å². The molecule has 0 spiro atoms. The van der Waals surface area contributed by atoms with Crippen LogP contribution in [0.25, 0.3) is 0 Å². The zero-order valence-corrected chi connectivity index (χ0v) is 12.2. The standard InChI is InChI=1S/C12H17N3O3S/c1-9(2)15(3)19(16,17)14-12-10(8-13)6-5-7-11(12)18-4/h5-7,9,14H,1-4H3. The number of ether oxygens (including phenoxy) is 1. The molecule has 0 heterocycles. The van der Waals surface area contributed by atoms with Crippen molar-refractivity contribution in [3.63, 3.8) is 0 Å². The number of nitrogens with zero attached hydrogens (tertiary/aromatic N) is 2. The predicted octanol–water partition coefficient (Wildman–Crippen LogP) is 1.56. The first-order valence-corrected chi connectivity index (χ1v) is 7.10. The van der Waals surface area contributed by atoms with E-state index < -0.39 is 10.2 Å². The lowest BCUT2D eigenvalue weighted by molar-refractivity contribution is 0.410. The molecule has 0 bridgehead atoms. The molecule has 6 nitrogen and oxygen atoms in total. The van der Waals surface area contributed by atoms with E-state index in [1.165, 1.54) is 24.5 Å². The topological polar surface area (TPSA) is 82.4 Å². The molecule has 7 heteroatoms. The average molecular weight is 283 g/mol. The summed E-state index contributed by atoms with van der Waals surface area (Å²) < 4.78 is 32.9. The Morgan fingerprint density at radius 2 is 2.05 bits per heavy atom. The highest BCUT2D eigenvalue weighted by molar-refractivity contribution is 7.90. The Bertz CT molecular complexity index is 591. The van der Waals surface area contributed by atoms with Gasteiger partial charge in [-0.15, -0.1) is 0 Å². The number of hydrogen-bond donors (Lipinski definition) is 1. The molecule has 0 saturated heterocycles. The quantitative estimate of drug-likeness (QED) is 0.889. The smallest absolute Gasteiger partial charge is 0.301 e. The van der Waals surface area contributed by atoms with Crippen molar-refractivity contribution in [2.45, 2.75) is 19.9 Å². The van der Waals surface area contributed by atoms with Gasteiger partial charge in [-0.2, -0.15) is 18.0 Å². The Hall–Kier alpha value is -1.78. The number of para-hydroxylation sites is 1. The fraction of sp³-hybridized carbons (Fsp3) is 0.417. The van der Waals surface area contributed by atoms with Crippen molar-refractivity contribution in [3.8, 4) is 11.8 Å². The largest absolute Gasteiger partial charge is 0.495 e. The average Bonchev–Trinajstić information content (AvgIpc) is 2.37. The summed E-state index contributed by atoms with van der Waals surface area (Å²) in [7, 11) is -0.842. The van der Waals surface area contributed by atoms with Crippen molar-refractivity contribution in [2.24, 2.45) is 0 Å². The molecule has 0 aliphatic rings. The second kappa shape index (κ2) is 5.91. The van der Waals surface area contributed by atoms with Gasteiger partial charge >= 0.3 is 10.2 Å². The maximum Gasteiger partial charge on any atom is 0.301 e. The van der Waals surface area contributed by atoms with E-state index in [0.717, 1.165) is 0 Å². The third-order valence-electron chi connectivity index (χ3n) is 2.70. The highest BCUT2D eigenvalue weighted by atomic mass is 32.2. The number of methoxy groups -OCH3 is 1. The number of anilines is 1. The van der Waals surface area contributed by atoms with E-state index in [9.17, 15) is 8.42 Å². The molecule has 0 fully saturated rings. The number of nitriles is 1. The molecule has 1 aromatic rings. The van der Waals surface area contributed by atoms with E-state index in [1.54, 1.807) is 26.0 Å². The van der Waals surface area contributed by atoms with Crippen LogP contribution in [0.2, 0.25) is 0 Å². The summed E-state index contributed by atoms with van der Waals surface area (Å²) >= 11 is 0. The molecular weight excluding hydrogens is 266 g/mol. The Morgan fingerprint density at radius 1 is 1.42 bits per heavy atom. The Morgan fingerprint density at radius 3 is 2.53 bits per heavy atom. The third kappa shape index (κ3) is 3.36. The van der Waals surface area contributed by atoms with Crippen molar-refractivity contribution < 1.29 is 13.2 Å². The van der Waals surface area contributed by atoms with Crippen LogP contribution in [0.4, 0.5) is 5.69 Å². The molecule has 19 heavy (non-hydrogen) atoms. The maximum absolute atomic E-state index is 12.1. The van der Waals surface area contributed by atoms with Crippen LogP contribution >= 0.6 is 0 Å². The minimum atomic E-state index is -3.73. The van der Waals surface area contributed by atoms with E-state index in [0.29, 0.717) is 5.75 Å². The number of nitrogens with one attached hydrogen (secondary N) is 1. The van der Waals surface area contributed by atoms with Crippen molar-refractivity contribution in [1.82, 2.24) is 4.31 Å². The first kappa shape index (κ1) is 15.3. The highest BCUT2D eigenvalue weighted by Gasteiger charge is 2.23. The van der Waals surface area contributed by atoms with Gasteiger partial charge < -0.3 is 4.74 Å². The molecule has 0 atom stereocenters. The highest BCUT2D eigenvalue weighted by Crippen LogP contribution is 2.29. The lowest BCUT2D eigenvalue weighted by Gasteiger charge is -2.22. The SMILES string of the molecule is COc1cccc(C#N)c1NS(=O)(=O)N(C)C(C)C. The van der Waals surface area contributed by atoms with Gasteiger partial charge in [0.1, 0.15) is 17.5 Å². The van der Waals surface area contributed by atoms with Crippen molar-refractivity contribution in [1.29, 1.82) is 5.26 Å². The zero-order chi connectivity index (χ0) is 14.6. The molecule has 104 valence electrons. The predicted molar refractivity (Wildman–Crippen MR) is 73.2 cm³/mol. The van der Waals surface area contributed by atoms with Crippen LogP contribution in [-0.2, 0) is 10.2 Å². The van der Waals surface area contributed by atoms with Crippen molar-refractivity contribution in [3.05, 3.63) is 23.8 Å². The molecule has 0 radical (unpaired) electrons. The molecule has 0 saturated carbocycles. The van der Waals surface area contributed by atoms with Gasteiger partial charge in [0, 0.05) is 13.1 Å². The van der Waals surface area contributed by atoms with Crippen LogP contribution in [-0.4, -0.2) is 32.9 Å². The van der Waals surface area contributed by atoms with E-state index in [1.807, 2.05) is 6.07 Å². The molecule has 0 unspecified atom stereocenters. The number of rotatable bonds is 5. The number of hydrogen-bond acceptors (Lipinski definition) is 4. The van der Waals surface area contributed by atoms with Crippen molar-refractivity contribution >= 4 is 15.9 Å². The molecule has 1 aromatic carbocycles. The van der Waals surface area contributed by atoms with Gasteiger partial charge in [-0.3, -0.25) is 4.72 Å². The van der Waals surface area contributed by atoms with Crippen LogP contribution in [0.15, 0.2) is 18.2 Å². The van der Waals surface area contributed by atoms with Gasteiger partial charge in [0.15, 0.2) is 0 Å². The lowest BCUT2D eigenvalue weighted by Crippen LogP contribution is -2.37. The van der Waals surface area contributed by atoms with E-state index >= 15 is 0 Å². The van der Waals surface area contributed by atoms with E-state index in [-0.39, 0.29) is 17.3 Å². The zero-order valence-electron chi connectivity index (χ0n) is 11.3. The van der Waals surface area contributed by atoms with Crippen molar-refractivity contribution in [2.75, 3.05) is 18.9 Å². The van der Waals surface area contributed by atoms with E-state index in [2.05, 4.69) is 4.72 Å². The maximum atomic E-state index is 12.1. The summed E-state index contributed by atoms with van der Waals surface area (Å²) in [5.41, 5.74) is 0.361. The van der Waals surface area contributed by atoms with Gasteiger partial charge in [-0.05, 0) is 26.0 Å². The normalized spacial score (nSPS) is 11.4. The minimum Gasteiger partial charge on any atom is -0.495 e. The summed E-state index contributed by atoms with van der Waals surface area (Å²) in [6, 6.07) is 6.48. The molecule has 0 amide bonds.